The largest absolute Gasteiger partial charge is 0.343 e. The summed E-state index contributed by atoms with van der Waals surface area (Å²) in [5.41, 5.74) is 5.80. The minimum atomic E-state index is -0.256. The maximum Gasteiger partial charge on any atom is 0.123 e. The van der Waals surface area contributed by atoms with E-state index < -0.39 is 0 Å². The molecule has 1 heterocycles. The van der Waals surface area contributed by atoms with Crippen molar-refractivity contribution in [3.05, 3.63) is 66.1 Å². The summed E-state index contributed by atoms with van der Waals surface area (Å²) in [4.78, 5) is 0. The Labute approximate surface area is 116 Å². The summed E-state index contributed by atoms with van der Waals surface area (Å²) in [5, 5.41) is 5.36. The first kappa shape index (κ1) is 12.4. The van der Waals surface area contributed by atoms with Crippen molar-refractivity contribution in [1.82, 2.24) is 4.57 Å². The molecule has 0 saturated carbocycles. The number of halogens is 1. The maximum absolute atomic E-state index is 12.8. The number of aryl methyl sites for hydroxylation is 1. The Morgan fingerprint density at radius 1 is 1.10 bits per heavy atom. The van der Waals surface area contributed by atoms with Crippen LogP contribution in [0.15, 0.2) is 59.7 Å². The number of hydrogen-bond donors (Lipinski definition) is 1. The van der Waals surface area contributed by atoms with Crippen LogP contribution in [0.5, 0.6) is 0 Å². The van der Waals surface area contributed by atoms with Crippen LogP contribution >= 0.6 is 0 Å². The van der Waals surface area contributed by atoms with E-state index in [0.717, 1.165) is 16.9 Å². The lowest BCUT2D eigenvalue weighted by atomic mass is 10.2. The maximum atomic E-state index is 12.8. The van der Waals surface area contributed by atoms with Gasteiger partial charge in [0.1, 0.15) is 5.82 Å². The zero-order valence-corrected chi connectivity index (χ0v) is 11.0. The molecular formula is C16H14FN3. The van der Waals surface area contributed by atoms with Crippen LogP contribution in [0.4, 0.5) is 10.1 Å². The number of benzene rings is 2. The van der Waals surface area contributed by atoms with Crippen molar-refractivity contribution >= 4 is 22.8 Å². The first-order valence-electron chi connectivity index (χ1n) is 6.33. The first-order valence-corrected chi connectivity index (χ1v) is 6.33. The Kier molecular flexibility index (Phi) is 3.21. The van der Waals surface area contributed by atoms with Gasteiger partial charge in [0.05, 0.1) is 17.6 Å². The van der Waals surface area contributed by atoms with Crippen molar-refractivity contribution in [2.45, 2.75) is 0 Å². The van der Waals surface area contributed by atoms with Crippen molar-refractivity contribution in [2.24, 2.45) is 12.1 Å². The van der Waals surface area contributed by atoms with Gasteiger partial charge in [-0.25, -0.2) is 4.39 Å². The third kappa shape index (κ3) is 2.40. The highest BCUT2D eigenvalue weighted by Crippen LogP contribution is 2.17. The molecule has 0 aliphatic heterocycles. The van der Waals surface area contributed by atoms with E-state index in [1.807, 2.05) is 19.2 Å². The Balaban J connectivity index is 1.80. The molecule has 0 unspecified atom stereocenters. The molecule has 3 aromatic rings. The number of nitrogens with zero attached hydrogens (tertiary/aromatic N) is 2. The Bertz CT molecular complexity index is 757. The van der Waals surface area contributed by atoms with Gasteiger partial charge in [0.15, 0.2) is 0 Å². The molecule has 0 bridgehead atoms. The van der Waals surface area contributed by atoms with Crippen molar-refractivity contribution in [2.75, 3.05) is 5.43 Å². The van der Waals surface area contributed by atoms with Gasteiger partial charge in [-0.05, 0) is 36.4 Å². The predicted molar refractivity (Wildman–Crippen MR) is 80.5 cm³/mol. The topological polar surface area (TPSA) is 29.3 Å². The Morgan fingerprint density at radius 2 is 1.85 bits per heavy atom. The molecule has 3 nitrogen and oxygen atoms in total. The monoisotopic (exact) mass is 267 g/mol. The smallest absolute Gasteiger partial charge is 0.123 e. The van der Waals surface area contributed by atoms with E-state index in [1.165, 1.54) is 17.5 Å². The second-order valence-corrected chi connectivity index (χ2v) is 4.56. The van der Waals surface area contributed by atoms with Gasteiger partial charge in [-0.1, -0.05) is 18.2 Å². The second-order valence-electron chi connectivity index (χ2n) is 4.56. The summed E-state index contributed by atoms with van der Waals surface area (Å²) in [6.45, 7) is 0. The Morgan fingerprint density at radius 3 is 2.60 bits per heavy atom. The fourth-order valence-corrected chi connectivity index (χ4v) is 2.13. The Hall–Kier alpha value is -2.62. The fourth-order valence-electron chi connectivity index (χ4n) is 2.13. The molecule has 0 fully saturated rings. The van der Waals surface area contributed by atoms with E-state index in [-0.39, 0.29) is 5.82 Å². The van der Waals surface area contributed by atoms with Gasteiger partial charge >= 0.3 is 0 Å². The number of fused-ring (bicyclic) bond motifs is 1. The molecule has 1 N–H and O–H groups in total. The predicted octanol–water partition coefficient (Wildman–Crippen LogP) is 3.76. The van der Waals surface area contributed by atoms with Crippen LogP contribution in [-0.2, 0) is 7.05 Å². The highest BCUT2D eigenvalue weighted by molar-refractivity contribution is 5.90. The summed E-state index contributed by atoms with van der Waals surface area (Å²) in [7, 11) is 2.00. The summed E-state index contributed by atoms with van der Waals surface area (Å²) in [6, 6.07) is 16.3. The van der Waals surface area contributed by atoms with Gasteiger partial charge in [0, 0.05) is 18.0 Å². The van der Waals surface area contributed by atoms with Crippen LogP contribution in [0.3, 0.4) is 0 Å². The number of rotatable bonds is 3. The molecule has 2 aromatic carbocycles. The van der Waals surface area contributed by atoms with Crippen molar-refractivity contribution < 1.29 is 4.39 Å². The third-order valence-electron chi connectivity index (χ3n) is 3.22. The molecule has 3 rings (SSSR count). The average Bonchev–Trinajstić information content (AvgIpc) is 2.78. The molecule has 0 spiro atoms. The molecule has 0 amide bonds. The number of aromatic nitrogens is 1. The van der Waals surface area contributed by atoms with E-state index in [2.05, 4.69) is 33.3 Å². The summed E-state index contributed by atoms with van der Waals surface area (Å²) < 4.78 is 14.8. The van der Waals surface area contributed by atoms with Gasteiger partial charge in [-0.15, -0.1) is 0 Å². The minimum Gasteiger partial charge on any atom is -0.343 e. The van der Waals surface area contributed by atoms with E-state index in [1.54, 1.807) is 18.3 Å². The van der Waals surface area contributed by atoms with Crippen LogP contribution in [0, 0.1) is 5.82 Å². The van der Waals surface area contributed by atoms with Gasteiger partial charge in [0.2, 0.25) is 0 Å². The zero-order valence-electron chi connectivity index (χ0n) is 11.0. The van der Waals surface area contributed by atoms with E-state index in [0.29, 0.717) is 0 Å². The second kappa shape index (κ2) is 5.17. The molecule has 4 heteroatoms. The lowest BCUT2D eigenvalue weighted by Crippen LogP contribution is -1.96. The van der Waals surface area contributed by atoms with Crippen LogP contribution < -0.4 is 5.43 Å². The molecule has 100 valence electrons. The molecule has 0 radical (unpaired) electrons. The molecule has 0 aliphatic carbocycles. The average molecular weight is 267 g/mol. The third-order valence-corrected chi connectivity index (χ3v) is 3.22. The van der Waals surface area contributed by atoms with Gasteiger partial charge in [-0.2, -0.15) is 5.10 Å². The van der Waals surface area contributed by atoms with Crippen molar-refractivity contribution in [3.8, 4) is 0 Å². The SMILES string of the molecule is Cn1c(/C=N/Nc2ccc(F)cc2)cc2ccccc21. The normalized spacial score (nSPS) is 11.3. The van der Waals surface area contributed by atoms with Crippen LogP contribution in [0.2, 0.25) is 0 Å². The van der Waals surface area contributed by atoms with E-state index >= 15 is 0 Å². The quantitative estimate of drug-likeness (QED) is 0.568. The lowest BCUT2D eigenvalue weighted by molar-refractivity contribution is 0.628. The van der Waals surface area contributed by atoms with Crippen molar-refractivity contribution in [3.63, 3.8) is 0 Å². The highest BCUT2D eigenvalue weighted by atomic mass is 19.1. The molecular weight excluding hydrogens is 253 g/mol. The molecule has 0 aliphatic rings. The summed E-state index contributed by atoms with van der Waals surface area (Å²) in [5.74, 6) is -0.256. The van der Waals surface area contributed by atoms with Crippen LogP contribution in [-0.4, -0.2) is 10.8 Å². The van der Waals surface area contributed by atoms with E-state index in [9.17, 15) is 4.39 Å². The number of hydrogen-bond acceptors (Lipinski definition) is 2. The molecule has 0 saturated heterocycles. The lowest BCUT2D eigenvalue weighted by Gasteiger charge is -2.00. The van der Waals surface area contributed by atoms with Gasteiger partial charge in [-0.3, -0.25) is 5.43 Å². The van der Waals surface area contributed by atoms with Crippen molar-refractivity contribution in [1.29, 1.82) is 0 Å². The van der Waals surface area contributed by atoms with Crippen LogP contribution in [0.1, 0.15) is 5.69 Å². The number of para-hydroxylation sites is 1. The number of hydrazone groups is 1. The highest BCUT2D eigenvalue weighted by Gasteiger charge is 2.02. The molecule has 0 atom stereocenters. The zero-order chi connectivity index (χ0) is 13.9. The summed E-state index contributed by atoms with van der Waals surface area (Å²) >= 11 is 0. The minimum absolute atomic E-state index is 0.256. The number of anilines is 1. The molecule has 1 aromatic heterocycles. The standard InChI is InChI=1S/C16H14FN3/c1-20-15(10-12-4-2-3-5-16(12)20)11-18-19-14-8-6-13(17)7-9-14/h2-11,19H,1H3/b18-11+. The molecule has 20 heavy (non-hydrogen) atoms. The first-order chi connectivity index (χ1) is 9.74. The number of nitrogens with one attached hydrogen (secondary N) is 1. The summed E-state index contributed by atoms with van der Waals surface area (Å²) in [6.07, 6.45) is 1.75. The van der Waals surface area contributed by atoms with Gasteiger partial charge in [0.25, 0.3) is 0 Å². The fraction of sp³-hybridized carbons (Fsp3) is 0.0625. The van der Waals surface area contributed by atoms with E-state index in [4.69, 9.17) is 0 Å². The van der Waals surface area contributed by atoms with Crippen LogP contribution in [0.25, 0.3) is 10.9 Å². The van der Waals surface area contributed by atoms with Gasteiger partial charge < -0.3 is 4.57 Å².